The fourth-order valence-corrected chi connectivity index (χ4v) is 1.74. The van der Waals surface area contributed by atoms with Crippen LogP contribution in [0.1, 0.15) is 5.56 Å². The second-order valence-electron chi connectivity index (χ2n) is 3.68. The summed E-state index contributed by atoms with van der Waals surface area (Å²) in [6.45, 7) is 0. The SMILES string of the molecule is CS(=O)(=O)NC(=O)[C@@H](N)Cc1ccc(F)cc1. The number of carbonyl (C=O) groups excluding carboxylic acids is 1. The molecule has 0 fully saturated rings. The number of sulfonamides is 1. The molecule has 0 aromatic heterocycles. The third-order valence-electron chi connectivity index (χ3n) is 1.99. The van der Waals surface area contributed by atoms with E-state index in [0.717, 1.165) is 6.26 Å². The Bertz CT molecular complexity index is 499. The molecule has 0 aliphatic rings. The van der Waals surface area contributed by atoms with Crippen LogP contribution in [0, 0.1) is 5.82 Å². The average Bonchev–Trinajstić information content (AvgIpc) is 2.19. The number of nitrogens with one attached hydrogen (secondary N) is 1. The molecule has 0 heterocycles. The van der Waals surface area contributed by atoms with Crippen molar-refractivity contribution < 1.29 is 17.6 Å². The molecular formula is C10H13FN2O3S. The monoisotopic (exact) mass is 260 g/mol. The predicted octanol–water partition coefficient (Wildman–Crippen LogP) is -0.229. The minimum Gasteiger partial charge on any atom is -0.320 e. The van der Waals surface area contributed by atoms with E-state index in [0.29, 0.717) is 5.56 Å². The lowest BCUT2D eigenvalue weighted by atomic mass is 10.1. The van der Waals surface area contributed by atoms with Crippen molar-refractivity contribution in [3.8, 4) is 0 Å². The molecule has 0 aliphatic heterocycles. The molecular weight excluding hydrogens is 247 g/mol. The molecule has 0 spiro atoms. The fourth-order valence-electron chi connectivity index (χ4n) is 1.23. The van der Waals surface area contributed by atoms with Gasteiger partial charge in [0.05, 0.1) is 12.3 Å². The number of hydrogen-bond acceptors (Lipinski definition) is 4. The van der Waals surface area contributed by atoms with Gasteiger partial charge in [0.2, 0.25) is 10.0 Å². The summed E-state index contributed by atoms with van der Waals surface area (Å²) in [5.74, 6) is -1.17. The average molecular weight is 260 g/mol. The Hall–Kier alpha value is -1.47. The van der Waals surface area contributed by atoms with Crippen LogP contribution in [0.25, 0.3) is 0 Å². The maximum atomic E-state index is 12.6. The van der Waals surface area contributed by atoms with E-state index in [1.165, 1.54) is 24.3 Å². The second kappa shape index (κ2) is 5.24. The lowest BCUT2D eigenvalue weighted by molar-refractivity contribution is -0.120. The highest BCUT2D eigenvalue weighted by Crippen LogP contribution is 2.05. The summed E-state index contributed by atoms with van der Waals surface area (Å²) in [5.41, 5.74) is 6.18. The van der Waals surface area contributed by atoms with E-state index >= 15 is 0 Å². The highest BCUT2D eigenvalue weighted by atomic mass is 32.2. The van der Waals surface area contributed by atoms with E-state index in [4.69, 9.17) is 5.73 Å². The maximum absolute atomic E-state index is 12.6. The largest absolute Gasteiger partial charge is 0.320 e. The lowest BCUT2D eigenvalue weighted by Gasteiger charge is -2.10. The Kier molecular flexibility index (Phi) is 4.19. The first-order valence-electron chi connectivity index (χ1n) is 4.79. The summed E-state index contributed by atoms with van der Waals surface area (Å²) in [7, 11) is -3.61. The summed E-state index contributed by atoms with van der Waals surface area (Å²) in [5, 5.41) is 0. The number of halogens is 1. The van der Waals surface area contributed by atoms with Gasteiger partial charge in [-0.15, -0.1) is 0 Å². The highest BCUT2D eigenvalue weighted by Gasteiger charge is 2.17. The van der Waals surface area contributed by atoms with Gasteiger partial charge in [-0.05, 0) is 24.1 Å². The summed E-state index contributed by atoms with van der Waals surface area (Å²) in [4.78, 5) is 11.3. The molecule has 1 amide bonds. The zero-order chi connectivity index (χ0) is 13.1. The normalized spacial score (nSPS) is 13.1. The van der Waals surface area contributed by atoms with Crippen molar-refractivity contribution in [3.63, 3.8) is 0 Å². The van der Waals surface area contributed by atoms with Crippen LogP contribution < -0.4 is 10.5 Å². The first kappa shape index (κ1) is 13.6. The molecule has 3 N–H and O–H groups in total. The Morgan fingerprint density at radius 2 is 1.94 bits per heavy atom. The summed E-state index contributed by atoms with van der Waals surface area (Å²) < 4.78 is 36.0. The molecule has 17 heavy (non-hydrogen) atoms. The molecule has 1 aromatic rings. The first-order chi connectivity index (χ1) is 7.78. The smallest absolute Gasteiger partial charge is 0.250 e. The topological polar surface area (TPSA) is 89.3 Å². The standard InChI is InChI=1S/C10H13FN2O3S/c1-17(15,16)13-10(14)9(12)6-7-2-4-8(11)5-3-7/h2-5,9H,6,12H2,1H3,(H,13,14)/t9-/m0/s1. The molecule has 0 saturated heterocycles. The maximum Gasteiger partial charge on any atom is 0.250 e. The molecule has 94 valence electrons. The van der Waals surface area contributed by atoms with E-state index in [-0.39, 0.29) is 12.2 Å². The Morgan fingerprint density at radius 3 is 2.41 bits per heavy atom. The molecule has 1 rings (SSSR count). The molecule has 1 atom stereocenters. The van der Waals surface area contributed by atoms with E-state index in [2.05, 4.69) is 0 Å². The lowest BCUT2D eigenvalue weighted by Crippen LogP contribution is -2.44. The van der Waals surface area contributed by atoms with Crippen LogP contribution >= 0.6 is 0 Å². The second-order valence-corrected chi connectivity index (χ2v) is 5.42. The quantitative estimate of drug-likeness (QED) is 0.782. The van der Waals surface area contributed by atoms with Crippen LogP contribution in [0.4, 0.5) is 4.39 Å². The van der Waals surface area contributed by atoms with Crippen molar-refractivity contribution in [1.82, 2.24) is 4.72 Å². The van der Waals surface area contributed by atoms with Crippen molar-refractivity contribution in [2.75, 3.05) is 6.26 Å². The zero-order valence-corrected chi connectivity index (χ0v) is 10.00. The van der Waals surface area contributed by atoms with E-state index < -0.39 is 22.0 Å². The van der Waals surface area contributed by atoms with Gasteiger partial charge in [-0.3, -0.25) is 9.52 Å². The molecule has 5 nitrogen and oxygen atoms in total. The molecule has 1 aromatic carbocycles. The Balaban J connectivity index is 2.63. The van der Waals surface area contributed by atoms with Crippen molar-refractivity contribution in [1.29, 1.82) is 0 Å². The van der Waals surface area contributed by atoms with Gasteiger partial charge < -0.3 is 5.73 Å². The van der Waals surface area contributed by atoms with Crippen molar-refractivity contribution in [2.24, 2.45) is 5.73 Å². The van der Waals surface area contributed by atoms with Gasteiger partial charge >= 0.3 is 0 Å². The zero-order valence-electron chi connectivity index (χ0n) is 9.18. The molecule has 0 unspecified atom stereocenters. The predicted molar refractivity (Wildman–Crippen MR) is 61.1 cm³/mol. The third-order valence-corrected chi connectivity index (χ3v) is 2.56. The van der Waals surface area contributed by atoms with Crippen molar-refractivity contribution >= 4 is 15.9 Å². The van der Waals surface area contributed by atoms with Crippen molar-refractivity contribution in [2.45, 2.75) is 12.5 Å². The van der Waals surface area contributed by atoms with Crippen LogP contribution in [0.3, 0.4) is 0 Å². The van der Waals surface area contributed by atoms with Gasteiger partial charge in [-0.25, -0.2) is 12.8 Å². The van der Waals surface area contributed by atoms with Crippen molar-refractivity contribution in [3.05, 3.63) is 35.6 Å². The number of benzene rings is 1. The molecule has 7 heteroatoms. The minimum absolute atomic E-state index is 0.141. The first-order valence-corrected chi connectivity index (χ1v) is 6.69. The van der Waals surface area contributed by atoms with Crippen LogP contribution in [0.2, 0.25) is 0 Å². The van der Waals surface area contributed by atoms with Crippen LogP contribution in [0.5, 0.6) is 0 Å². The van der Waals surface area contributed by atoms with Gasteiger partial charge in [-0.2, -0.15) is 0 Å². The number of amides is 1. The minimum atomic E-state index is -3.61. The summed E-state index contributed by atoms with van der Waals surface area (Å²) >= 11 is 0. The molecule has 0 radical (unpaired) electrons. The number of hydrogen-bond donors (Lipinski definition) is 2. The molecule has 0 saturated carbocycles. The van der Waals surface area contributed by atoms with Gasteiger partial charge in [-0.1, -0.05) is 12.1 Å². The third kappa shape index (κ3) is 4.92. The van der Waals surface area contributed by atoms with E-state index in [9.17, 15) is 17.6 Å². The summed E-state index contributed by atoms with van der Waals surface area (Å²) in [6, 6.07) is 4.48. The van der Waals surface area contributed by atoms with Gasteiger partial charge in [0.15, 0.2) is 0 Å². The van der Waals surface area contributed by atoms with Crippen LogP contribution in [-0.2, 0) is 21.2 Å². The highest BCUT2D eigenvalue weighted by molar-refractivity contribution is 7.89. The number of carbonyl (C=O) groups is 1. The molecule has 0 aliphatic carbocycles. The Labute approximate surface area is 98.9 Å². The van der Waals surface area contributed by atoms with E-state index in [1.807, 2.05) is 0 Å². The number of nitrogens with two attached hydrogens (primary N) is 1. The summed E-state index contributed by atoms with van der Waals surface area (Å²) in [6.07, 6.45) is 1.01. The van der Waals surface area contributed by atoms with E-state index in [1.54, 1.807) is 4.72 Å². The fraction of sp³-hybridized carbons (Fsp3) is 0.300. The van der Waals surface area contributed by atoms with Crippen LogP contribution in [0.15, 0.2) is 24.3 Å². The van der Waals surface area contributed by atoms with Gasteiger partial charge in [0.1, 0.15) is 5.82 Å². The van der Waals surface area contributed by atoms with Crippen LogP contribution in [-0.4, -0.2) is 26.6 Å². The Morgan fingerprint density at radius 1 is 1.41 bits per heavy atom. The van der Waals surface area contributed by atoms with Gasteiger partial charge in [0.25, 0.3) is 5.91 Å². The molecule has 0 bridgehead atoms. The number of rotatable bonds is 4. The van der Waals surface area contributed by atoms with Gasteiger partial charge in [0, 0.05) is 0 Å².